The van der Waals surface area contributed by atoms with E-state index in [1.54, 1.807) is 7.11 Å². The lowest BCUT2D eigenvalue weighted by Crippen LogP contribution is -2.29. The zero-order valence-corrected chi connectivity index (χ0v) is 11.7. The minimum atomic E-state index is 0.0495. The van der Waals surface area contributed by atoms with Crippen LogP contribution in [0.1, 0.15) is 12.0 Å². The van der Waals surface area contributed by atoms with E-state index in [1.807, 2.05) is 18.3 Å². The number of benzene rings is 1. The van der Waals surface area contributed by atoms with E-state index >= 15 is 0 Å². The molecule has 1 amide bonds. The summed E-state index contributed by atoms with van der Waals surface area (Å²) in [6, 6.07) is 8.20. The average molecular weight is 275 g/mol. The maximum atomic E-state index is 11.5. The summed E-state index contributed by atoms with van der Waals surface area (Å²) >= 11 is 0. The number of nitrogens with one attached hydrogen (secondary N) is 3. The van der Waals surface area contributed by atoms with E-state index in [2.05, 4.69) is 27.8 Å². The van der Waals surface area contributed by atoms with Crippen molar-refractivity contribution in [3.8, 4) is 0 Å². The fraction of sp³-hybridized carbons (Fsp3) is 0.400. The number of ether oxygens (including phenoxy) is 1. The molecule has 0 bridgehead atoms. The van der Waals surface area contributed by atoms with Gasteiger partial charge in [0.2, 0.25) is 5.91 Å². The number of aromatic amines is 1. The number of amides is 1. The molecule has 1 aromatic carbocycles. The molecule has 1 aromatic heterocycles. The number of aromatic nitrogens is 1. The van der Waals surface area contributed by atoms with Crippen LogP contribution >= 0.6 is 0 Å². The third kappa shape index (κ3) is 4.08. The van der Waals surface area contributed by atoms with Crippen LogP contribution in [0.5, 0.6) is 0 Å². The minimum Gasteiger partial charge on any atom is -0.383 e. The summed E-state index contributed by atoms with van der Waals surface area (Å²) in [4.78, 5) is 14.7. The SMILES string of the molecule is COCCNC(=O)CCNCc1c[nH]c2ccccc12. The molecule has 0 aliphatic heterocycles. The summed E-state index contributed by atoms with van der Waals surface area (Å²) in [6.07, 6.45) is 2.49. The third-order valence-electron chi connectivity index (χ3n) is 3.15. The smallest absolute Gasteiger partial charge is 0.221 e. The molecule has 5 heteroatoms. The number of para-hydroxylation sites is 1. The topological polar surface area (TPSA) is 66.2 Å². The van der Waals surface area contributed by atoms with E-state index in [0.717, 1.165) is 12.1 Å². The lowest BCUT2D eigenvalue weighted by atomic mass is 10.2. The van der Waals surface area contributed by atoms with Gasteiger partial charge in [-0.1, -0.05) is 18.2 Å². The molecule has 0 saturated carbocycles. The van der Waals surface area contributed by atoms with Gasteiger partial charge in [0.1, 0.15) is 0 Å². The van der Waals surface area contributed by atoms with Crippen molar-refractivity contribution in [3.05, 3.63) is 36.0 Å². The summed E-state index contributed by atoms with van der Waals surface area (Å²) < 4.78 is 4.87. The van der Waals surface area contributed by atoms with Crippen molar-refractivity contribution in [1.82, 2.24) is 15.6 Å². The second-order valence-electron chi connectivity index (χ2n) is 4.63. The highest BCUT2D eigenvalue weighted by molar-refractivity contribution is 5.83. The second kappa shape index (κ2) is 7.67. The molecular formula is C15H21N3O2. The van der Waals surface area contributed by atoms with Gasteiger partial charge in [-0.25, -0.2) is 0 Å². The fourth-order valence-electron chi connectivity index (χ4n) is 2.08. The quantitative estimate of drug-likeness (QED) is 0.638. The minimum absolute atomic E-state index is 0.0495. The van der Waals surface area contributed by atoms with Crippen LogP contribution in [0.3, 0.4) is 0 Å². The van der Waals surface area contributed by atoms with Crippen molar-refractivity contribution in [2.45, 2.75) is 13.0 Å². The van der Waals surface area contributed by atoms with Crippen molar-refractivity contribution in [2.24, 2.45) is 0 Å². The Bertz CT molecular complexity index is 551. The van der Waals surface area contributed by atoms with E-state index in [9.17, 15) is 4.79 Å². The molecule has 0 fully saturated rings. The first-order chi connectivity index (χ1) is 9.81. The Labute approximate surface area is 118 Å². The molecule has 0 saturated heterocycles. The molecule has 0 spiro atoms. The van der Waals surface area contributed by atoms with Gasteiger partial charge < -0.3 is 20.4 Å². The third-order valence-corrected chi connectivity index (χ3v) is 3.15. The molecule has 0 unspecified atom stereocenters. The van der Waals surface area contributed by atoms with E-state index in [-0.39, 0.29) is 5.91 Å². The molecule has 0 atom stereocenters. The summed E-state index contributed by atoms with van der Waals surface area (Å²) in [5.41, 5.74) is 2.36. The number of hydrogen-bond acceptors (Lipinski definition) is 3. The first-order valence-corrected chi connectivity index (χ1v) is 6.82. The van der Waals surface area contributed by atoms with Crippen molar-refractivity contribution in [3.63, 3.8) is 0 Å². The van der Waals surface area contributed by atoms with Crippen LogP contribution in [-0.2, 0) is 16.1 Å². The normalized spacial score (nSPS) is 10.8. The maximum Gasteiger partial charge on any atom is 0.221 e. The molecule has 2 rings (SSSR count). The van der Waals surface area contributed by atoms with Gasteiger partial charge >= 0.3 is 0 Å². The second-order valence-corrected chi connectivity index (χ2v) is 4.63. The first kappa shape index (κ1) is 14.6. The lowest BCUT2D eigenvalue weighted by molar-refractivity contribution is -0.121. The molecule has 5 nitrogen and oxygen atoms in total. The maximum absolute atomic E-state index is 11.5. The molecule has 0 radical (unpaired) electrons. The Morgan fingerprint density at radius 2 is 2.15 bits per heavy atom. The first-order valence-electron chi connectivity index (χ1n) is 6.82. The fourth-order valence-corrected chi connectivity index (χ4v) is 2.08. The van der Waals surface area contributed by atoms with Gasteiger partial charge in [0.05, 0.1) is 6.61 Å². The molecule has 2 aromatic rings. The average Bonchev–Trinajstić information content (AvgIpc) is 2.87. The monoisotopic (exact) mass is 275 g/mol. The Hall–Kier alpha value is -1.85. The van der Waals surface area contributed by atoms with Crippen LogP contribution in [0, 0.1) is 0 Å². The van der Waals surface area contributed by atoms with Crippen LogP contribution in [-0.4, -0.2) is 37.7 Å². The number of fused-ring (bicyclic) bond motifs is 1. The molecule has 1 heterocycles. The number of methoxy groups -OCH3 is 1. The van der Waals surface area contributed by atoms with Gasteiger partial charge in [0.25, 0.3) is 0 Å². The number of carbonyl (C=O) groups is 1. The van der Waals surface area contributed by atoms with Crippen LogP contribution in [0.4, 0.5) is 0 Å². The van der Waals surface area contributed by atoms with Crippen molar-refractivity contribution in [1.29, 1.82) is 0 Å². The zero-order valence-electron chi connectivity index (χ0n) is 11.7. The zero-order chi connectivity index (χ0) is 14.2. The summed E-state index contributed by atoms with van der Waals surface area (Å²) in [7, 11) is 1.62. The molecule has 0 aliphatic rings. The summed E-state index contributed by atoms with van der Waals surface area (Å²) in [5.74, 6) is 0.0495. The number of hydrogen-bond donors (Lipinski definition) is 3. The number of H-pyrrole nitrogens is 1. The Morgan fingerprint density at radius 3 is 3.00 bits per heavy atom. The lowest BCUT2D eigenvalue weighted by Gasteiger charge is -2.05. The molecule has 3 N–H and O–H groups in total. The van der Waals surface area contributed by atoms with Crippen LogP contribution in [0.15, 0.2) is 30.5 Å². The highest BCUT2D eigenvalue weighted by Gasteiger charge is 2.03. The van der Waals surface area contributed by atoms with Crippen molar-refractivity contribution < 1.29 is 9.53 Å². The van der Waals surface area contributed by atoms with Gasteiger partial charge in [0, 0.05) is 50.3 Å². The van der Waals surface area contributed by atoms with E-state index in [1.165, 1.54) is 10.9 Å². The highest BCUT2D eigenvalue weighted by Crippen LogP contribution is 2.17. The van der Waals surface area contributed by atoms with Crippen molar-refractivity contribution in [2.75, 3.05) is 26.8 Å². The van der Waals surface area contributed by atoms with Crippen molar-refractivity contribution >= 4 is 16.8 Å². The number of rotatable bonds is 8. The largest absolute Gasteiger partial charge is 0.383 e. The van der Waals surface area contributed by atoms with E-state index in [4.69, 9.17) is 4.74 Å². The van der Waals surface area contributed by atoms with Gasteiger partial charge in [-0.05, 0) is 11.6 Å². The predicted molar refractivity (Wildman–Crippen MR) is 79.5 cm³/mol. The number of carbonyl (C=O) groups excluding carboxylic acids is 1. The van der Waals surface area contributed by atoms with Crippen LogP contribution in [0.2, 0.25) is 0 Å². The van der Waals surface area contributed by atoms with Gasteiger partial charge in [-0.15, -0.1) is 0 Å². The van der Waals surface area contributed by atoms with E-state index < -0.39 is 0 Å². The Kier molecular flexibility index (Phi) is 5.58. The highest BCUT2D eigenvalue weighted by atomic mass is 16.5. The molecule has 0 aliphatic carbocycles. The van der Waals surface area contributed by atoms with Gasteiger partial charge in [0.15, 0.2) is 0 Å². The Balaban J connectivity index is 1.70. The Morgan fingerprint density at radius 1 is 1.30 bits per heavy atom. The standard InChI is InChI=1S/C15H21N3O2/c1-20-9-8-17-15(19)6-7-16-10-12-11-18-14-5-3-2-4-13(12)14/h2-5,11,16,18H,6-10H2,1H3,(H,17,19). The van der Waals surface area contributed by atoms with Gasteiger partial charge in [-0.3, -0.25) is 4.79 Å². The predicted octanol–water partition coefficient (Wildman–Crippen LogP) is 1.41. The molecular weight excluding hydrogens is 254 g/mol. The van der Waals surface area contributed by atoms with Crippen LogP contribution in [0.25, 0.3) is 10.9 Å². The van der Waals surface area contributed by atoms with Crippen LogP contribution < -0.4 is 10.6 Å². The summed E-state index contributed by atoms with van der Waals surface area (Å²) in [5, 5.41) is 7.31. The van der Waals surface area contributed by atoms with E-state index in [0.29, 0.717) is 26.1 Å². The van der Waals surface area contributed by atoms with Gasteiger partial charge in [-0.2, -0.15) is 0 Å². The molecule has 20 heavy (non-hydrogen) atoms. The summed E-state index contributed by atoms with van der Waals surface area (Å²) in [6.45, 7) is 2.54. The molecule has 108 valence electrons.